The second kappa shape index (κ2) is 7.39. The van der Waals surface area contributed by atoms with Crippen molar-refractivity contribution in [1.29, 1.82) is 0 Å². The summed E-state index contributed by atoms with van der Waals surface area (Å²) in [4.78, 5) is 54.6. The van der Waals surface area contributed by atoms with Gasteiger partial charge in [0.25, 0.3) is 11.5 Å². The van der Waals surface area contributed by atoms with E-state index in [1.807, 2.05) is 0 Å². The van der Waals surface area contributed by atoms with E-state index in [1.54, 1.807) is 62.4 Å². The molecule has 0 radical (unpaired) electrons. The first kappa shape index (κ1) is 20.3. The molecule has 1 aliphatic rings. The number of rotatable bonds is 3. The Morgan fingerprint density at radius 1 is 1.03 bits per heavy atom. The van der Waals surface area contributed by atoms with Crippen molar-refractivity contribution in [3.63, 3.8) is 0 Å². The number of ether oxygens (including phenoxy) is 1. The summed E-state index contributed by atoms with van der Waals surface area (Å²) in [5.41, 5.74) is -0.661. The maximum Gasteiger partial charge on any atom is 0.355 e. The number of hydrogen-bond donors (Lipinski definition) is 2. The number of benzene rings is 2. The zero-order chi connectivity index (χ0) is 22.3. The van der Waals surface area contributed by atoms with Gasteiger partial charge in [-0.15, -0.1) is 0 Å². The van der Waals surface area contributed by atoms with E-state index >= 15 is 0 Å². The number of aromatic amines is 1. The molecule has 0 unspecified atom stereocenters. The Morgan fingerprint density at radius 2 is 1.71 bits per heavy atom. The van der Waals surface area contributed by atoms with E-state index in [2.05, 4.69) is 10.3 Å². The molecule has 4 rings (SSSR count). The minimum Gasteiger partial charge on any atom is -0.448 e. The van der Waals surface area contributed by atoms with Crippen LogP contribution in [0.15, 0.2) is 59.4 Å². The van der Waals surface area contributed by atoms with Gasteiger partial charge in [0.1, 0.15) is 11.2 Å². The molecule has 1 atom stereocenters. The third kappa shape index (κ3) is 3.46. The summed E-state index contributed by atoms with van der Waals surface area (Å²) in [6.07, 6.45) is -1.19. The minimum atomic E-state index is -1.19. The van der Waals surface area contributed by atoms with E-state index in [0.717, 1.165) is 0 Å². The average molecular weight is 419 g/mol. The topological polar surface area (TPSA) is 109 Å². The van der Waals surface area contributed by atoms with Gasteiger partial charge in [-0.2, -0.15) is 0 Å². The Labute approximate surface area is 177 Å². The molecule has 2 N–H and O–H groups in total. The number of fused-ring (bicyclic) bond motifs is 2. The number of H-pyrrole nitrogens is 1. The van der Waals surface area contributed by atoms with E-state index in [1.165, 1.54) is 17.9 Å². The number of hydrogen-bond acceptors (Lipinski definition) is 5. The number of esters is 1. The predicted molar refractivity (Wildman–Crippen MR) is 116 cm³/mol. The van der Waals surface area contributed by atoms with Crippen LogP contribution < -0.4 is 15.8 Å². The Hall–Kier alpha value is -3.94. The maximum absolute atomic E-state index is 13.3. The highest BCUT2D eigenvalue weighted by molar-refractivity contribution is 6.15. The van der Waals surface area contributed by atoms with E-state index < -0.39 is 29.1 Å². The van der Waals surface area contributed by atoms with Gasteiger partial charge in [-0.1, -0.05) is 30.3 Å². The largest absolute Gasteiger partial charge is 0.448 e. The van der Waals surface area contributed by atoms with Crippen molar-refractivity contribution in [3.8, 4) is 0 Å². The van der Waals surface area contributed by atoms with Crippen LogP contribution in [-0.2, 0) is 14.3 Å². The second-order valence-corrected chi connectivity index (χ2v) is 7.85. The standard InChI is InChI=1S/C23H21N3O5/c1-13(31-21(29)17-12-14-8-4-5-9-15(14)19(27)24-17)20(28)26-18-11-7-6-10-16(18)25-22(30)23(26,2)3/h4-13H,1-3H3,(H,24,27)(H,25,30)/t13-/m1/s1. The molecule has 8 nitrogen and oxygen atoms in total. The lowest BCUT2D eigenvalue weighted by atomic mass is 9.95. The molecule has 0 aliphatic carbocycles. The van der Waals surface area contributed by atoms with Gasteiger partial charge in [-0.25, -0.2) is 4.79 Å². The molecule has 3 aromatic rings. The molecule has 0 spiro atoms. The molecule has 31 heavy (non-hydrogen) atoms. The zero-order valence-corrected chi connectivity index (χ0v) is 17.3. The molecule has 1 aromatic heterocycles. The molecule has 0 saturated carbocycles. The summed E-state index contributed by atoms with van der Waals surface area (Å²) < 4.78 is 5.37. The Balaban J connectivity index is 1.62. The van der Waals surface area contributed by atoms with Gasteiger partial charge in [-0.3, -0.25) is 19.3 Å². The van der Waals surface area contributed by atoms with Crippen LogP contribution in [0.3, 0.4) is 0 Å². The maximum atomic E-state index is 13.3. The van der Waals surface area contributed by atoms with Gasteiger partial charge in [0, 0.05) is 5.39 Å². The minimum absolute atomic E-state index is 0.0561. The monoisotopic (exact) mass is 419 g/mol. The molecule has 2 amide bonds. The van der Waals surface area contributed by atoms with Crippen LogP contribution >= 0.6 is 0 Å². The molecule has 0 saturated heterocycles. The van der Waals surface area contributed by atoms with Gasteiger partial charge in [0.15, 0.2) is 6.10 Å². The van der Waals surface area contributed by atoms with Gasteiger partial charge in [0.2, 0.25) is 5.91 Å². The predicted octanol–water partition coefficient (Wildman–Crippen LogP) is 2.84. The third-order valence-electron chi connectivity index (χ3n) is 5.33. The summed E-state index contributed by atoms with van der Waals surface area (Å²) >= 11 is 0. The van der Waals surface area contributed by atoms with Crippen molar-refractivity contribution < 1.29 is 19.1 Å². The van der Waals surface area contributed by atoms with E-state index in [0.29, 0.717) is 22.1 Å². The molecule has 0 bridgehead atoms. The van der Waals surface area contributed by atoms with Gasteiger partial charge in [-0.05, 0) is 50.4 Å². The van der Waals surface area contributed by atoms with Crippen molar-refractivity contribution in [2.45, 2.75) is 32.4 Å². The number of carbonyl (C=O) groups is 3. The van der Waals surface area contributed by atoms with E-state index in [-0.39, 0.29) is 11.6 Å². The van der Waals surface area contributed by atoms with Crippen molar-refractivity contribution in [3.05, 3.63) is 70.6 Å². The molecule has 2 aromatic carbocycles. The summed E-state index contributed by atoms with van der Waals surface area (Å²) in [5, 5.41) is 3.81. The number of nitrogens with zero attached hydrogens (tertiary/aromatic N) is 1. The van der Waals surface area contributed by atoms with Crippen LogP contribution in [0.1, 0.15) is 31.3 Å². The van der Waals surface area contributed by atoms with Crippen LogP contribution in [0.25, 0.3) is 10.8 Å². The van der Waals surface area contributed by atoms with Crippen LogP contribution in [-0.4, -0.2) is 34.4 Å². The molecule has 8 heteroatoms. The fraction of sp³-hybridized carbons (Fsp3) is 0.217. The summed E-state index contributed by atoms with van der Waals surface area (Å²) in [5.74, 6) is -1.74. The van der Waals surface area contributed by atoms with Gasteiger partial charge >= 0.3 is 5.97 Å². The Bertz CT molecular complexity index is 1280. The average Bonchev–Trinajstić information content (AvgIpc) is 2.74. The SMILES string of the molecule is C[C@@H](OC(=O)c1cc2ccccc2c(=O)[nH]1)C(=O)N1c2ccccc2NC(=O)C1(C)C. The molecule has 0 fully saturated rings. The van der Waals surface area contributed by atoms with Crippen LogP contribution in [0, 0.1) is 0 Å². The Morgan fingerprint density at radius 3 is 2.48 bits per heavy atom. The lowest BCUT2D eigenvalue weighted by molar-refractivity contribution is -0.131. The lowest BCUT2D eigenvalue weighted by Crippen LogP contribution is -2.60. The van der Waals surface area contributed by atoms with E-state index in [9.17, 15) is 19.2 Å². The van der Waals surface area contributed by atoms with Crippen LogP contribution in [0.5, 0.6) is 0 Å². The smallest absolute Gasteiger partial charge is 0.355 e. The fourth-order valence-electron chi connectivity index (χ4n) is 3.62. The number of anilines is 2. The van der Waals surface area contributed by atoms with Crippen LogP contribution in [0.2, 0.25) is 0 Å². The Kier molecular flexibility index (Phi) is 4.85. The van der Waals surface area contributed by atoms with Gasteiger partial charge < -0.3 is 15.0 Å². The molecular formula is C23H21N3O5. The summed E-state index contributed by atoms with van der Waals surface area (Å²) in [7, 11) is 0. The number of carbonyl (C=O) groups excluding carboxylic acids is 3. The molecule has 1 aliphatic heterocycles. The first-order valence-corrected chi connectivity index (χ1v) is 9.78. The fourth-order valence-corrected chi connectivity index (χ4v) is 3.62. The normalized spacial score (nSPS) is 15.7. The van der Waals surface area contributed by atoms with Crippen molar-refractivity contribution >= 4 is 39.9 Å². The van der Waals surface area contributed by atoms with Crippen LogP contribution in [0.4, 0.5) is 11.4 Å². The lowest BCUT2D eigenvalue weighted by Gasteiger charge is -2.42. The first-order chi connectivity index (χ1) is 14.7. The van der Waals surface area contributed by atoms with Gasteiger partial charge in [0.05, 0.1) is 11.4 Å². The summed E-state index contributed by atoms with van der Waals surface area (Å²) in [6, 6.07) is 15.3. The highest BCUT2D eigenvalue weighted by Gasteiger charge is 2.45. The van der Waals surface area contributed by atoms with Crippen molar-refractivity contribution in [1.82, 2.24) is 4.98 Å². The molecular weight excluding hydrogens is 398 g/mol. The number of para-hydroxylation sites is 2. The number of pyridine rings is 1. The first-order valence-electron chi connectivity index (χ1n) is 9.78. The third-order valence-corrected chi connectivity index (χ3v) is 5.33. The highest BCUT2D eigenvalue weighted by Crippen LogP contribution is 2.37. The quantitative estimate of drug-likeness (QED) is 0.635. The molecule has 158 valence electrons. The number of nitrogens with one attached hydrogen (secondary N) is 2. The second-order valence-electron chi connectivity index (χ2n) is 7.85. The zero-order valence-electron chi connectivity index (χ0n) is 17.3. The van der Waals surface area contributed by atoms with Crippen molar-refractivity contribution in [2.75, 3.05) is 10.2 Å². The molecule has 2 heterocycles. The number of aromatic nitrogens is 1. The van der Waals surface area contributed by atoms with Crippen molar-refractivity contribution in [2.24, 2.45) is 0 Å². The number of amides is 2. The highest BCUT2D eigenvalue weighted by atomic mass is 16.5. The summed E-state index contributed by atoms with van der Waals surface area (Å²) in [6.45, 7) is 4.67. The van der Waals surface area contributed by atoms with E-state index in [4.69, 9.17) is 4.74 Å².